The molecule has 8 nitrogen and oxygen atoms in total. The molecule has 0 bridgehead atoms. The van der Waals surface area contributed by atoms with Crippen LogP contribution in [0.1, 0.15) is 78.1 Å². The first-order valence-electron chi connectivity index (χ1n) is 11.6. The Morgan fingerprint density at radius 2 is 1.62 bits per heavy atom. The highest BCUT2D eigenvalue weighted by molar-refractivity contribution is 6.24. The third kappa shape index (κ3) is 3.55. The number of unbranched alkanes of at least 4 members (excludes halogenated alkanes) is 1. The average molecular weight is 441 g/mol. The predicted octanol–water partition coefficient (Wildman–Crippen LogP) is 3.05. The maximum absolute atomic E-state index is 13.3. The first kappa shape index (κ1) is 22.3. The number of aryl methyl sites for hydroxylation is 1. The minimum atomic E-state index is -0.422. The van der Waals surface area contributed by atoms with Crippen LogP contribution in [0.4, 0.5) is 10.5 Å². The Labute approximate surface area is 188 Å². The van der Waals surface area contributed by atoms with Crippen molar-refractivity contribution in [3.05, 3.63) is 28.8 Å². The number of benzene rings is 1. The number of likely N-dealkylation sites (N-methyl/N-ethyl adjacent to an activating group) is 2. The van der Waals surface area contributed by atoms with Gasteiger partial charge in [0.2, 0.25) is 0 Å². The Kier molecular flexibility index (Phi) is 5.97. The average Bonchev–Trinajstić information content (AvgIpc) is 3.15. The fourth-order valence-corrected chi connectivity index (χ4v) is 5.44. The molecule has 3 aliphatic rings. The molecule has 2 fully saturated rings. The van der Waals surface area contributed by atoms with E-state index in [1.165, 1.54) is 21.7 Å². The summed E-state index contributed by atoms with van der Waals surface area (Å²) in [6, 6.07) is 2.77. The largest absolute Gasteiger partial charge is 0.398 e. The molecular weight excluding hydrogens is 408 g/mol. The van der Waals surface area contributed by atoms with E-state index >= 15 is 0 Å². The van der Waals surface area contributed by atoms with Crippen molar-refractivity contribution in [1.82, 2.24) is 14.7 Å². The van der Waals surface area contributed by atoms with Crippen LogP contribution in [0.5, 0.6) is 0 Å². The zero-order valence-electron chi connectivity index (χ0n) is 19.1. The minimum absolute atomic E-state index is 0.154. The molecule has 8 heteroatoms. The molecule has 32 heavy (non-hydrogen) atoms. The number of imide groups is 2. The van der Waals surface area contributed by atoms with Gasteiger partial charge in [-0.1, -0.05) is 19.4 Å². The third-order valence-corrected chi connectivity index (χ3v) is 7.40. The number of fused-ring (bicyclic) bond motifs is 1. The number of nitrogen functional groups attached to an aromatic ring is 1. The van der Waals surface area contributed by atoms with Crippen molar-refractivity contribution in [2.45, 2.75) is 70.4 Å². The third-order valence-electron chi connectivity index (χ3n) is 7.40. The Morgan fingerprint density at radius 1 is 0.969 bits per heavy atom. The van der Waals surface area contributed by atoms with E-state index in [1.807, 2.05) is 6.07 Å². The summed E-state index contributed by atoms with van der Waals surface area (Å²) >= 11 is 0. The van der Waals surface area contributed by atoms with E-state index in [0.29, 0.717) is 36.1 Å². The van der Waals surface area contributed by atoms with Crippen molar-refractivity contribution in [2.24, 2.45) is 5.92 Å². The van der Waals surface area contributed by atoms with Crippen LogP contribution in [-0.4, -0.2) is 64.6 Å². The monoisotopic (exact) mass is 440 g/mol. The van der Waals surface area contributed by atoms with Gasteiger partial charge < -0.3 is 10.6 Å². The molecule has 4 rings (SSSR count). The number of nitrogens with zero attached hydrogens (tertiary/aromatic N) is 3. The van der Waals surface area contributed by atoms with E-state index in [1.54, 1.807) is 13.1 Å². The predicted molar refractivity (Wildman–Crippen MR) is 120 cm³/mol. The zero-order valence-corrected chi connectivity index (χ0v) is 19.1. The lowest BCUT2D eigenvalue weighted by atomic mass is 9.81. The topological polar surface area (TPSA) is 104 Å². The van der Waals surface area contributed by atoms with E-state index in [-0.39, 0.29) is 35.7 Å². The molecule has 172 valence electrons. The number of carbonyl (C=O) groups is 4. The molecule has 5 amide bonds. The van der Waals surface area contributed by atoms with Gasteiger partial charge in [-0.25, -0.2) is 4.79 Å². The van der Waals surface area contributed by atoms with Crippen LogP contribution in [0.3, 0.4) is 0 Å². The van der Waals surface area contributed by atoms with Crippen molar-refractivity contribution in [3.8, 4) is 0 Å². The van der Waals surface area contributed by atoms with E-state index in [2.05, 4.69) is 6.92 Å². The van der Waals surface area contributed by atoms with E-state index in [9.17, 15) is 19.2 Å². The highest BCUT2D eigenvalue weighted by atomic mass is 16.2. The summed E-state index contributed by atoms with van der Waals surface area (Å²) in [5, 5.41) is 0. The molecule has 2 N–H and O–H groups in total. The van der Waals surface area contributed by atoms with Crippen molar-refractivity contribution in [1.29, 1.82) is 0 Å². The fourth-order valence-electron chi connectivity index (χ4n) is 5.44. The number of hydrogen-bond acceptors (Lipinski definition) is 5. The van der Waals surface area contributed by atoms with E-state index in [0.717, 1.165) is 37.7 Å². The van der Waals surface area contributed by atoms with Crippen LogP contribution < -0.4 is 5.73 Å². The van der Waals surface area contributed by atoms with E-state index < -0.39 is 6.04 Å². The molecule has 1 saturated heterocycles. The van der Waals surface area contributed by atoms with Gasteiger partial charge in [-0.2, -0.15) is 0 Å². The Bertz CT molecular complexity index is 967. The number of urea groups is 1. The highest BCUT2D eigenvalue weighted by Gasteiger charge is 2.45. The lowest BCUT2D eigenvalue weighted by molar-refractivity contribution is -0.127. The molecule has 1 aliphatic carbocycles. The van der Waals surface area contributed by atoms with Crippen LogP contribution in [0, 0.1) is 5.92 Å². The summed E-state index contributed by atoms with van der Waals surface area (Å²) in [7, 11) is 3.18. The molecule has 2 heterocycles. The number of hydrogen-bond donors (Lipinski definition) is 1. The van der Waals surface area contributed by atoms with Crippen LogP contribution in [0.25, 0.3) is 0 Å². The van der Waals surface area contributed by atoms with Gasteiger partial charge in [0.05, 0.1) is 11.1 Å². The number of nitrogens with two attached hydrogens (primary N) is 1. The first-order chi connectivity index (χ1) is 15.3. The molecule has 0 spiro atoms. The summed E-state index contributed by atoms with van der Waals surface area (Å²) in [5.41, 5.74) is 8.24. The molecule has 0 aromatic heterocycles. The van der Waals surface area contributed by atoms with Crippen molar-refractivity contribution < 1.29 is 19.2 Å². The maximum Gasteiger partial charge on any atom is 0.326 e. The molecule has 0 radical (unpaired) electrons. The number of carbonyl (C=O) groups excluding carboxylic acids is 4. The van der Waals surface area contributed by atoms with Crippen molar-refractivity contribution in [3.63, 3.8) is 0 Å². The van der Waals surface area contributed by atoms with Crippen LogP contribution in [-0.2, 0) is 11.2 Å². The van der Waals surface area contributed by atoms with Crippen LogP contribution in [0.2, 0.25) is 0 Å². The zero-order chi connectivity index (χ0) is 23.2. The molecule has 1 aromatic rings. The SMILES string of the molecule is CCCCc1ccc(N)c2c1C(=O)N(C1CCC(CC3C(=O)N(C)C(=O)N3C)CC1)C2=O. The van der Waals surface area contributed by atoms with Gasteiger partial charge in [-0.15, -0.1) is 0 Å². The van der Waals surface area contributed by atoms with Gasteiger partial charge in [0.1, 0.15) is 6.04 Å². The van der Waals surface area contributed by atoms with Gasteiger partial charge in [0.25, 0.3) is 17.7 Å². The van der Waals surface area contributed by atoms with Crippen LogP contribution >= 0.6 is 0 Å². The van der Waals surface area contributed by atoms with Gasteiger partial charge in [-0.3, -0.25) is 24.2 Å². The summed E-state index contributed by atoms with van der Waals surface area (Å²) < 4.78 is 0. The molecule has 1 unspecified atom stereocenters. The standard InChI is InChI=1S/C24H32N4O4/c1-4-5-6-15-9-12-17(25)20-19(15)22(30)28(23(20)31)16-10-7-14(8-11-16)13-18-21(29)27(3)24(32)26(18)2/h9,12,14,16,18H,4-8,10-11,13,25H2,1-3H3. The molecule has 1 aromatic carbocycles. The van der Waals surface area contributed by atoms with Crippen molar-refractivity contribution in [2.75, 3.05) is 19.8 Å². The summed E-state index contributed by atoms with van der Waals surface area (Å²) in [5.74, 6) is -0.371. The van der Waals surface area contributed by atoms with Gasteiger partial charge in [-0.05, 0) is 62.5 Å². The van der Waals surface area contributed by atoms with Crippen LogP contribution in [0.15, 0.2) is 12.1 Å². The van der Waals surface area contributed by atoms with Crippen molar-refractivity contribution >= 4 is 29.4 Å². The molecule has 1 atom stereocenters. The fraction of sp³-hybridized carbons (Fsp3) is 0.583. The Hall–Kier alpha value is -2.90. The summed E-state index contributed by atoms with van der Waals surface area (Å²) in [4.78, 5) is 55.0. The van der Waals surface area contributed by atoms with Gasteiger partial charge in [0.15, 0.2) is 0 Å². The quantitative estimate of drug-likeness (QED) is 0.416. The van der Waals surface area contributed by atoms with Gasteiger partial charge >= 0.3 is 6.03 Å². The first-order valence-corrected chi connectivity index (χ1v) is 11.6. The number of anilines is 1. The molecular formula is C24H32N4O4. The Balaban J connectivity index is 1.44. The number of amides is 5. The smallest absolute Gasteiger partial charge is 0.326 e. The number of rotatable bonds is 6. The van der Waals surface area contributed by atoms with E-state index in [4.69, 9.17) is 5.73 Å². The lowest BCUT2D eigenvalue weighted by Crippen LogP contribution is -2.43. The summed E-state index contributed by atoms with van der Waals surface area (Å²) in [6.07, 6.45) is 6.37. The lowest BCUT2D eigenvalue weighted by Gasteiger charge is -2.34. The maximum atomic E-state index is 13.3. The second kappa shape index (κ2) is 8.56. The summed E-state index contributed by atoms with van der Waals surface area (Å²) in [6.45, 7) is 2.10. The normalized spacial score (nSPS) is 25.8. The molecule has 1 saturated carbocycles. The Morgan fingerprint density at radius 3 is 2.22 bits per heavy atom. The second-order valence-corrected chi connectivity index (χ2v) is 9.36. The molecule has 2 aliphatic heterocycles. The van der Waals surface area contributed by atoms with Gasteiger partial charge in [0, 0.05) is 25.8 Å². The minimum Gasteiger partial charge on any atom is -0.398 e. The second-order valence-electron chi connectivity index (χ2n) is 9.36. The highest BCUT2D eigenvalue weighted by Crippen LogP contribution is 2.38.